The minimum atomic E-state index is 0.597. The number of thiophene rings is 1. The van der Waals surface area contributed by atoms with Crippen LogP contribution in [0.2, 0.25) is 5.02 Å². The van der Waals surface area contributed by atoms with Crippen LogP contribution < -0.4 is 15.4 Å². The molecule has 8 heteroatoms. The summed E-state index contributed by atoms with van der Waals surface area (Å²) in [4.78, 5) is 16.3. The molecule has 0 unspecified atom stereocenters. The number of halogens is 1. The molecule has 4 heterocycles. The summed E-state index contributed by atoms with van der Waals surface area (Å²) in [5.41, 5.74) is 3.31. The van der Waals surface area contributed by atoms with Gasteiger partial charge in [-0.1, -0.05) is 17.7 Å². The van der Waals surface area contributed by atoms with Gasteiger partial charge in [-0.15, -0.1) is 11.3 Å². The molecule has 2 N–H and O–H groups in total. The lowest BCUT2D eigenvalue weighted by Gasteiger charge is -2.14. The molecule has 0 radical (unpaired) electrons. The zero-order valence-electron chi connectivity index (χ0n) is 16.4. The van der Waals surface area contributed by atoms with E-state index in [1.165, 1.54) is 10.4 Å². The average molecular weight is 438 g/mol. The highest BCUT2D eigenvalue weighted by molar-refractivity contribution is 7.19. The molecular formula is C22H20ClN5OS. The average Bonchev–Trinajstić information content (AvgIpc) is 3.17. The molecule has 0 amide bonds. The molecule has 5 rings (SSSR count). The van der Waals surface area contributed by atoms with Gasteiger partial charge in [0.25, 0.3) is 0 Å². The van der Waals surface area contributed by atoms with Crippen molar-refractivity contribution in [1.82, 2.24) is 20.3 Å². The van der Waals surface area contributed by atoms with Gasteiger partial charge in [0.05, 0.1) is 17.5 Å². The summed E-state index contributed by atoms with van der Waals surface area (Å²) in [5.74, 6) is 2.20. The van der Waals surface area contributed by atoms with Crippen molar-refractivity contribution in [2.24, 2.45) is 0 Å². The minimum absolute atomic E-state index is 0.597. The van der Waals surface area contributed by atoms with Crippen molar-refractivity contribution >= 4 is 39.0 Å². The van der Waals surface area contributed by atoms with Gasteiger partial charge < -0.3 is 15.4 Å². The second kappa shape index (κ2) is 8.18. The summed E-state index contributed by atoms with van der Waals surface area (Å²) in [7, 11) is 1.62. The molecule has 1 aliphatic rings. The Labute approximate surface area is 183 Å². The molecule has 30 heavy (non-hydrogen) atoms. The fraction of sp³-hybridized carbons (Fsp3) is 0.227. The van der Waals surface area contributed by atoms with E-state index in [9.17, 15) is 0 Å². The SMILES string of the molecule is COc1ccc(CNc2nc(-c3cccnc3)nc3sc4c(c23)CCNC4)cc1Cl. The van der Waals surface area contributed by atoms with Crippen LogP contribution >= 0.6 is 22.9 Å². The van der Waals surface area contributed by atoms with Gasteiger partial charge in [0.15, 0.2) is 5.82 Å². The summed E-state index contributed by atoms with van der Waals surface area (Å²) in [6.45, 7) is 2.45. The first-order chi connectivity index (χ1) is 14.7. The molecule has 0 spiro atoms. The Morgan fingerprint density at radius 1 is 1.27 bits per heavy atom. The topological polar surface area (TPSA) is 72.0 Å². The van der Waals surface area contributed by atoms with E-state index < -0.39 is 0 Å². The van der Waals surface area contributed by atoms with Gasteiger partial charge in [-0.05, 0) is 48.4 Å². The van der Waals surface area contributed by atoms with Crippen molar-refractivity contribution < 1.29 is 4.74 Å². The first-order valence-electron chi connectivity index (χ1n) is 9.72. The van der Waals surface area contributed by atoms with E-state index in [4.69, 9.17) is 26.3 Å². The number of nitrogens with one attached hydrogen (secondary N) is 2. The summed E-state index contributed by atoms with van der Waals surface area (Å²) in [6, 6.07) is 9.69. The molecular weight excluding hydrogens is 418 g/mol. The lowest BCUT2D eigenvalue weighted by molar-refractivity contribution is 0.415. The van der Waals surface area contributed by atoms with Gasteiger partial charge >= 0.3 is 0 Å². The van der Waals surface area contributed by atoms with Gasteiger partial charge in [0, 0.05) is 35.9 Å². The number of ether oxygens (including phenoxy) is 1. The van der Waals surface area contributed by atoms with E-state index in [1.807, 2.05) is 30.3 Å². The standard InChI is InChI=1S/C22H20ClN5OS/c1-29-17-5-4-13(9-16(17)23)10-26-21-19-15-6-8-25-12-18(15)30-22(19)28-20(27-21)14-3-2-7-24-11-14/h2-5,7,9,11,25H,6,8,10,12H2,1H3,(H,26,27,28). The van der Waals surface area contributed by atoms with Crippen molar-refractivity contribution in [3.63, 3.8) is 0 Å². The van der Waals surface area contributed by atoms with Crippen LogP contribution in [0.5, 0.6) is 5.75 Å². The van der Waals surface area contributed by atoms with Crippen LogP contribution in [-0.4, -0.2) is 28.6 Å². The van der Waals surface area contributed by atoms with Gasteiger partial charge in [-0.25, -0.2) is 9.97 Å². The van der Waals surface area contributed by atoms with E-state index in [1.54, 1.807) is 30.8 Å². The second-order valence-electron chi connectivity index (χ2n) is 7.07. The third-order valence-electron chi connectivity index (χ3n) is 5.17. The van der Waals surface area contributed by atoms with Crippen molar-refractivity contribution in [1.29, 1.82) is 0 Å². The van der Waals surface area contributed by atoms with Crippen LogP contribution in [-0.2, 0) is 19.5 Å². The molecule has 1 aliphatic heterocycles. The number of aromatic nitrogens is 3. The zero-order valence-corrected chi connectivity index (χ0v) is 18.0. The van der Waals surface area contributed by atoms with Crippen molar-refractivity contribution in [3.05, 3.63) is 63.8 Å². The molecule has 6 nitrogen and oxygen atoms in total. The lowest BCUT2D eigenvalue weighted by atomic mass is 10.1. The molecule has 0 bridgehead atoms. The second-order valence-corrected chi connectivity index (χ2v) is 8.56. The Morgan fingerprint density at radius 2 is 2.20 bits per heavy atom. The summed E-state index contributed by atoms with van der Waals surface area (Å²) >= 11 is 8.04. The molecule has 3 aromatic heterocycles. The maximum atomic E-state index is 6.30. The molecule has 0 saturated heterocycles. The molecule has 0 aliphatic carbocycles. The first-order valence-corrected chi connectivity index (χ1v) is 10.9. The van der Waals surface area contributed by atoms with Crippen molar-refractivity contribution in [3.8, 4) is 17.1 Å². The lowest BCUT2D eigenvalue weighted by Crippen LogP contribution is -2.22. The van der Waals surface area contributed by atoms with Gasteiger partial charge in [0.2, 0.25) is 0 Å². The summed E-state index contributed by atoms with van der Waals surface area (Å²) < 4.78 is 5.25. The van der Waals surface area contributed by atoms with Crippen LogP contribution in [0.25, 0.3) is 21.6 Å². The Morgan fingerprint density at radius 3 is 3.00 bits per heavy atom. The number of fused-ring (bicyclic) bond motifs is 3. The number of benzene rings is 1. The van der Waals surface area contributed by atoms with Crippen LogP contribution in [0, 0.1) is 0 Å². The van der Waals surface area contributed by atoms with E-state index in [2.05, 4.69) is 15.6 Å². The molecule has 0 saturated carbocycles. The van der Waals surface area contributed by atoms with Gasteiger partial charge in [-0.2, -0.15) is 0 Å². The normalized spacial score (nSPS) is 13.3. The Kier molecular flexibility index (Phi) is 5.25. The van der Waals surface area contributed by atoms with Gasteiger partial charge in [-0.3, -0.25) is 4.98 Å². The van der Waals surface area contributed by atoms with Crippen LogP contribution in [0.15, 0.2) is 42.7 Å². The van der Waals surface area contributed by atoms with E-state index in [0.717, 1.165) is 46.7 Å². The maximum absolute atomic E-state index is 6.30. The molecule has 0 atom stereocenters. The molecule has 1 aromatic carbocycles. The monoisotopic (exact) mass is 437 g/mol. The quantitative estimate of drug-likeness (QED) is 0.472. The van der Waals surface area contributed by atoms with Crippen molar-refractivity contribution in [2.45, 2.75) is 19.5 Å². The smallest absolute Gasteiger partial charge is 0.164 e. The molecule has 152 valence electrons. The van der Waals surface area contributed by atoms with E-state index >= 15 is 0 Å². The highest BCUT2D eigenvalue weighted by atomic mass is 35.5. The third-order valence-corrected chi connectivity index (χ3v) is 6.59. The Bertz CT molecular complexity index is 1210. The molecule has 4 aromatic rings. The number of anilines is 1. The van der Waals surface area contributed by atoms with Crippen LogP contribution in [0.1, 0.15) is 16.0 Å². The van der Waals surface area contributed by atoms with Crippen molar-refractivity contribution in [2.75, 3.05) is 19.0 Å². The van der Waals surface area contributed by atoms with E-state index in [-0.39, 0.29) is 0 Å². The fourth-order valence-electron chi connectivity index (χ4n) is 3.68. The first kappa shape index (κ1) is 19.2. The predicted octanol–water partition coefficient (Wildman–Crippen LogP) is 4.67. The number of methoxy groups -OCH3 is 1. The highest BCUT2D eigenvalue weighted by Crippen LogP contribution is 2.37. The Hall–Kier alpha value is -2.74. The largest absolute Gasteiger partial charge is 0.495 e. The fourth-order valence-corrected chi connectivity index (χ4v) is 5.15. The number of nitrogens with zero attached hydrogens (tertiary/aromatic N) is 3. The number of rotatable bonds is 5. The molecule has 0 fully saturated rings. The predicted molar refractivity (Wildman–Crippen MR) is 121 cm³/mol. The maximum Gasteiger partial charge on any atom is 0.164 e. The van der Waals surface area contributed by atoms with Crippen LogP contribution in [0.4, 0.5) is 5.82 Å². The minimum Gasteiger partial charge on any atom is -0.495 e. The van der Waals surface area contributed by atoms with Gasteiger partial charge in [0.1, 0.15) is 16.4 Å². The summed E-state index contributed by atoms with van der Waals surface area (Å²) in [6.07, 6.45) is 4.53. The number of hydrogen-bond donors (Lipinski definition) is 2. The zero-order chi connectivity index (χ0) is 20.5. The number of hydrogen-bond acceptors (Lipinski definition) is 7. The Balaban J connectivity index is 1.56. The van der Waals surface area contributed by atoms with E-state index in [0.29, 0.717) is 23.1 Å². The van der Waals surface area contributed by atoms with Crippen LogP contribution in [0.3, 0.4) is 0 Å². The third kappa shape index (κ3) is 3.60. The summed E-state index contributed by atoms with van der Waals surface area (Å²) in [5, 5.41) is 8.70. The highest BCUT2D eigenvalue weighted by Gasteiger charge is 2.21. The number of pyridine rings is 1.